The Labute approximate surface area is 76.1 Å². The van der Waals surface area contributed by atoms with E-state index in [1.807, 2.05) is 23.7 Å². The standard InChI is InChI=1S/C8H9NS2/c1-9-4-2-6-3-5-11-7(6)8(9)10/h2-7H,1H3. The Hall–Kier alpha value is -0.280. The van der Waals surface area contributed by atoms with Gasteiger partial charge in [0, 0.05) is 19.2 Å². The first-order chi connectivity index (χ1) is 5.29. The molecule has 0 fully saturated rings. The number of rotatable bonds is 0. The van der Waals surface area contributed by atoms with E-state index >= 15 is 0 Å². The third kappa shape index (κ3) is 1.12. The van der Waals surface area contributed by atoms with E-state index in [0.29, 0.717) is 11.2 Å². The summed E-state index contributed by atoms with van der Waals surface area (Å²) in [7, 11) is 2.01. The number of hydrogen-bond donors (Lipinski definition) is 0. The van der Waals surface area contributed by atoms with E-state index in [1.54, 1.807) is 0 Å². The van der Waals surface area contributed by atoms with Gasteiger partial charge in [-0.05, 0) is 5.41 Å². The fourth-order valence-electron chi connectivity index (χ4n) is 1.30. The molecule has 0 saturated heterocycles. The number of thioether (sulfide) groups is 1. The van der Waals surface area contributed by atoms with E-state index in [4.69, 9.17) is 12.2 Å². The summed E-state index contributed by atoms with van der Waals surface area (Å²) in [6.07, 6.45) is 6.47. The molecule has 2 aliphatic heterocycles. The molecule has 0 spiro atoms. The lowest BCUT2D eigenvalue weighted by Crippen LogP contribution is -2.35. The van der Waals surface area contributed by atoms with Crippen LogP contribution in [-0.2, 0) is 0 Å². The molecule has 0 saturated carbocycles. The van der Waals surface area contributed by atoms with Crippen molar-refractivity contribution in [2.24, 2.45) is 5.92 Å². The smallest absolute Gasteiger partial charge is 0.0960 e. The average Bonchev–Trinajstić information content (AvgIpc) is 2.45. The van der Waals surface area contributed by atoms with Crippen LogP contribution in [0.4, 0.5) is 0 Å². The third-order valence-electron chi connectivity index (χ3n) is 2.00. The first-order valence-electron chi connectivity index (χ1n) is 3.56. The lowest BCUT2D eigenvalue weighted by molar-refractivity contribution is 0.633. The highest BCUT2D eigenvalue weighted by Gasteiger charge is 2.29. The van der Waals surface area contributed by atoms with Crippen LogP contribution in [0.1, 0.15) is 0 Å². The maximum Gasteiger partial charge on any atom is 0.0960 e. The van der Waals surface area contributed by atoms with Crippen molar-refractivity contribution in [3.63, 3.8) is 0 Å². The topological polar surface area (TPSA) is 3.24 Å². The van der Waals surface area contributed by atoms with Crippen molar-refractivity contribution in [1.29, 1.82) is 0 Å². The van der Waals surface area contributed by atoms with Crippen molar-refractivity contribution in [3.05, 3.63) is 23.8 Å². The summed E-state index contributed by atoms with van der Waals surface area (Å²) < 4.78 is 0. The van der Waals surface area contributed by atoms with Crippen molar-refractivity contribution in [2.45, 2.75) is 5.25 Å². The summed E-state index contributed by atoms with van der Waals surface area (Å²) in [5.74, 6) is 0.545. The molecule has 0 N–H and O–H groups in total. The van der Waals surface area contributed by atoms with Crippen LogP contribution in [0.3, 0.4) is 0 Å². The summed E-state index contributed by atoms with van der Waals surface area (Å²) in [4.78, 5) is 3.07. The Morgan fingerprint density at radius 1 is 1.55 bits per heavy atom. The van der Waals surface area contributed by atoms with Gasteiger partial charge in [-0.1, -0.05) is 24.4 Å². The van der Waals surface area contributed by atoms with Crippen molar-refractivity contribution < 1.29 is 0 Å². The number of hydrogen-bond acceptors (Lipinski definition) is 2. The van der Waals surface area contributed by atoms with Gasteiger partial charge in [-0.2, -0.15) is 0 Å². The number of fused-ring (bicyclic) bond motifs is 1. The molecule has 2 unspecified atom stereocenters. The van der Waals surface area contributed by atoms with Gasteiger partial charge in [-0.15, -0.1) is 11.8 Å². The molecule has 2 atom stereocenters. The lowest BCUT2D eigenvalue weighted by Gasteiger charge is -2.28. The zero-order valence-corrected chi connectivity index (χ0v) is 7.86. The van der Waals surface area contributed by atoms with Crippen LogP contribution in [0.15, 0.2) is 23.8 Å². The molecular weight excluding hydrogens is 174 g/mol. The van der Waals surface area contributed by atoms with Crippen LogP contribution in [0.5, 0.6) is 0 Å². The summed E-state index contributed by atoms with van der Waals surface area (Å²) >= 11 is 7.10. The van der Waals surface area contributed by atoms with Crippen LogP contribution in [0, 0.1) is 5.92 Å². The number of thiocarbonyl (C=S) groups is 1. The van der Waals surface area contributed by atoms with E-state index in [1.165, 1.54) is 0 Å². The van der Waals surface area contributed by atoms with E-state index in [9.17, 15) is 0 Å². The van der Waals surface area contributed by atoms with Crippen LogP contribution in [0.25, 0.3) is 0 Å². The highest BCUT2D eigenvalue weighted by molar-refractivity contribution is 8.04. The zero-order valence-electron chi connectivity index (χ0n) is 6.23. The molecular formula is C8H9NS2. The average molecular weight is 183 g/mol. The van der Waals surface area contributed by atoms with Gasteiger partial charge in [0.05, 0.1) is 10.2 Å². The molecule has 1 nitrogen and oxygen atoms in total. The first-order valence-corrected chi connectivity index (χ1v) is 4.91. The molecule has 11 heavy (non-hydrogen) atoms. The summed E-state index contributed by atoms with van der Waals surface area (Å²) in [5, 5.41) is 2.63. The van der Waals surface area contributed by atoms with Gasteiger partial charge in [0.25, 0.3) is 0 Å². The zero-order chi connectivity index (χ0) is 7.84. The molecule has 3 heteroatoms. The van der Waals surface area contributed by atoms with E-state index in [2.05, 4.69) is 23.8 Å². The molecule has 2 aliphatic rings. The van der Waals surface area contributed by atoms with Crippen LogP contribution in [0.2, 0.25) is 0 Å². The van der Waals surface area contributed by atoms with Crippen molar-refractivity contribution >= 4 is 29.0 Å². The van der Waals surface area contributed by atoms with E-state index in [-0.39, 0.29) is 0 Å². The Morgan fingerprint density at radius 3 is 3.18 bits per heavy atom. The predicted molar refractivity (Wildman–Crippen MR) is 53.5 cm³/mol. The molecule has 2 heterocycles. The highest BCUT2D eigenvalue weighted by Crippen LogP contribution is 2.34. The second kappa shape index (κ2) is 2.64. The minimum absolute atomic E-state index is 0.486. The fraction of sp³-hybridized carbons (Fsp3) is 0.375. The van der Waals surface area contributed by atoms with Gasteiger partial charge in [0.1, 0.15) is 0 Å². The summed E-state index contributed by atoms with van der Waals surface area (Å²) in [5.41, 5.74) is 0. The predicted octanol–water partition coefficient (Wildman–Crippen LogP) is 2.02. The van der Waals surface area contributed by atoms with Gasteiger partial charge in [-0.3, -0.25) is 0 Å². The molecule has 0 radical (unpaired) electrons. The molecule has 0 aromatic rings. The van der Waals surface area contributed by atoms with Crippen LogP contribution >= 0.6 is 24.0 Å². The SMILES string of the molecule is CN1C=CC2C=CSC2C1=S. The van der Waals surface area contributed by atoms with E-state index < -0.39 is 0 Å². The second-order valence-electron chi connectivity index (χ2n) is 2.75. The van der Waals surface area contributed by atoms with Crippen molar-refractivity contribution in [2.75, 3.05) is 7.05 Å². The van der Waals surface area contributed by atoms with Crippen LogP contribution in [-0.4, -0.2) is 22.2 Å². The van der Waals surface area contributed by atoms with Crippen molar-refractivity contribution in [1.82, 2.24) is 4.90 Å². The summed E-state index contributed by atoms with van der Waals surface area (Å²) in [6, 6.07) is 0. The third-order valence-corrected chi connectivity index (χ3v) is 3.83. The Kier molecular flexibility index (Phi) is 1.77. The quantitative estimate of drug-likeness (QED) is 0.529. The lowest BCUT2D eigenvalue weighted by atomic mass is 10.0. The Balaban J connectivity index is 2.28. The molecule has 0 amide bonds. The largest absolute Gasteiger partial charge is 0.345 e. The molecule has 0 bridgehead atoms. The van der Waals surface area contributed by atoms with Gasteiger partial charge in [0.2, 0.25) is 0 Å². The molecule has 0 aromatic carbocycles. The molecule has 0 aliphatic carbocycles. The fourth-order valence-corrected chi connectivity index (χ4v) is 2.77. The van der Waals surface area contributed by atoms with Crippen LogP contribution < -0.4 is 0 Å². The van der Waals surface area contributed by atoms with Gasteiger partial charge < -0.3 is 4.90 Å². The highest BCUT2D eigenvalue weighted by atomic mass is 32.2. The first kappa shape index (κ1) is 7.37. The maximum atomic E-state index is 5.28. The Morgan fingerprint density at radius 2 is 2.36 bits per heavy atom. The van der Waals surface area contributed by atoms with Gasteiger partial charge in [-0.25, -0.2) is 0 Å². The van der Waals surface area contributed by atoms with E-state index in [0.717, 1.165) is 4.99 Å². The minimum atomic E-state index is 0.486. The normalized spacial score (nSPS) is 34.6. The number of allylic oxidation sites excluding steroid dienone is 2. The van der Waals surface area contributed by atoms with Gasteiger partial charge >= 0.3 is 0 Å². The Bertz CT molecular complexity index is 244. The number of nitrogens with zero attached hydrogens (tertiary/aromatic N) is 1. The van der Waals surface area contributed by atoms with Gasteiger partial charge in [0.15, 0.2) is 0 Å². The molecule has 58 valence electrons. The minimum Gasteiger partial charge on any atom is -0.345 e. The maximum absolute atomic E-state index is 5.28. The summed E-state index contributed by atoms with van der Waals surface area (Å²) in [6.45, 7) is 0. The molecule has 0 aromatic heterocycles. The molecule has 2 rings (SSSR count). The second-order valence-corrected chi connectivity index (χ2v) is 4.22. The monoisotopic (exact) mass is 183 g/mol. The van der Waals surface area contributed by atoms with Crippen molar-refractivity contribution in [3.8, 4) is 0 Å².